The van der Waals surface area contributed by atoms with E-state index in [1.807, 2.05) is 11.7 Å². The number of likely N-dealkylation sites (tertiary alicyclic amines) is 1. The summed E-state index contributed by atoms with van der Waals surface area (Å²) in [6, 6.07) is 0.997. The molecule has 1 aliphatic heterocycles. The first-order valence-electron chi connectivity index (χ1n) is 7.56. The number of aromatic nitrogens is 2. The van der Waals surface area contributed by atoms with Crippen LogP contribution in [-0.2, 0) is 13.5 Å². The van der Waals surface area contributed by atoms with E-state index in [9.17, 15) is 0 Å². The summed E-state index contributed by atoms with van der Waals surface area (Å²) < 4.78 is 1.93. The van der Waals surface area contributed by atoms with E-state index in [4.69, 9.17) is 5.73 Å². The second-order valence-electron chi connectivity index (χ2n) is 6.00. The fourth-order valence-corrected chi connectivity index (χ4v) is 3.46. The second-order valence-corrected chi connectivity index (χ2v) is 6.00. The van der Waals surface area contributed by atoms with Gasteiger partial charge in [-0.1, -0.05) is 20.8 Å². The molecule has 2 heterocycles. The molecule has 0 spiro atoms. The highest BCUT2D eigenvalue weighted by molar-refractivity contribution is 5.22. The molecule has 2 atom stereocenters. The number of hydrogen-bond acceptors (Lipinski definition) is 3. The third kappa shape index (κ3) is 2.84. The Kier molecular flexibility index (Phi) is 4.63. The van der Waals surface area contributed by atoms with Gasteiger partial charge in [0, 0.05) is 31.4 Å². The average molecular weight is 264 g/mol. The molecule has 0 saturated carbocycles. The third-order valence-corrected chi connectivity index (χ3v) is 4.37. The highest BCUT2D eigenvalue weighted by Gasteiger charge is 2.34. The molecule has 1 aliphatic rings. The van der Waals surface area contributed by atoms with Gasteiger partial charge in [0.1, 0.15) is 0 Å². The number of nitrogens with two attached hydrogens (primary N) is 1. The van der Waals surface area contributed by atoms with Crippen LogP contribution in [0.25, 0.3) is 0 Å². The topological polar surface area (TPSA) is 47.1 Å². The molecule has 2 unspecified atom stereocenters. The van der Waals surface area contributed by atoms with Crippen LogP contribution < -0.4 is 5.73 Å². The molecule has 4 heteroatoms. The van der Waals surface area contributed by atoms with Crippen LogP contribution in [0.3, 0.4) is 0 Å². The summed E-state index contributed by atoms with van der Waals surface area (Å²) in [6.45, 7) is 8.66. The Bertz CT molecular complexity index is 410. The Balaban J connectivity index is 2.28. The molecular formula is C15H28N4. The van der Waals surface area contributed by atoms with E-state index in [0.29, 0.717) is 24.5 Å². The van der Waals surface area contributed by atoms with Crippen molar-refractivity contribution >= 4 is 0 Å². The molecule has 1 fully saturated rings. The minimum atomic E-state index is 0.332. The van der Waals surface area contributed by atoms with Crippen LogP contribution in [0.4, 0.5) is 0 Å². The maximum atomic E-state index is 6.10. The Labute approximate surface area is 117 Å². The molecule has 1 saturated heterocycles. The molecule has 108 valence electrons. The van der Waals surface area contributed by atoms with E-state index in [2.05, 4.69) is 37.0 Å². The van der Waals surface area contributed by atoms with Crippen molar-refractivity contribution in [3.05, 3.63) is 17.5 Å². The SMILES string of the molecule is CCc1nn(C)cc1C(CN)N1CCCC1C(C)C. The summed E-state index contributed by atoms with van der Waals surface area (Å²) in [4.78, 5) is 2.61. The predicted octanol–water partition coefficient (Wildman–Crippen LogP) is 2.10. The fourth-order valence-electron chi connectivity index (χ4n) is 3.46. The van der Waals surface area contributed by atoms with Gasteiger partial charge in [-0.05, 0) is 31.7 Å². The molecular weight excluding hydrogens is 236 g/mol. The van der Waals surface area contributed by atoms with Gasteiger partial charge in [0.25, 0.3) is 0 Å². The van der Waals surface area contributed by atoms with E-state index < -0.39 is 0 Å². The van der Waals surface area contributed by atoms with E-state index in [-0.39, 0.29) is 0 Å². The van der Waals surface area contributed by atoms with Crippen LogP contribution in [0.2, 0.25) is 0 Å². The van der Waals surface area contributed by atoms with Crippen molar-refractivity contribution in [1.82, 2.24) is 14.7 Å². The number of hydrogen-bond donors (Lipinski definition) is 1. The Morgan fingerprint density at radius 3 is 2.79 bits per heavy atom. The third-order valence-electron chi connectivity index (χ3n) is 4.37. The lowest BCUT2D eigenvalue weighted by atomic mass is 9.98. The van der Waals surface area contributed by atoms with Crippen molar-refractivity contribution in [3.63, 3.8) is 0 Å². The minimum absolute atomic E-state index is 0.332. The summed E-state index contributed by atoms with van der Waals surface area (Å²) >= 11 is 0. The highest BCUT2D eigenvalue weighted by Crippen LogP contribution is 2.33. The molecule has 0 radical (unpaired) electrons. The molecule has 2 rings (SSSR count). The first kappa shape index (κ1) is 14.5. The predicted molar refractivity (Wildman–Crippen MR) is 78.9 cm³/mol. The normalized spacial score (nSPS) is 22.3. The van der Waals surface area contributed by atoms with Gasteiger partial charge in [-0.15, -0.1) is 0 Å². The summed E-state index contributed by atoms with van der Waals surface area (Å²) in [6.07, 6.45) is 5.73. The smallest absolute Gasteiger partial charge is 0.0670 e. The van der Waals surface area contributed by atoms with Gasteiger partial charge in [-0.3, -0.25) is 9.58 Å². The fraction of sp³-hybridized carbons (Fsp3) is 0.800. The molecule has 19 heavy (non-hydrogen) atoms. The van der Waals surface area contributed by atoms with Crippen molar-refractivity contribution in [2.24, 2.45) is 18.7 Å². The van der Waals surface area contributed by atoms with Crippen LogP contribution in [0.1, 0.15) is 50.9 Å². The molecule has 0 aliphatic carbocycles. The molecule has 1 aromatic rings. The summed E-state index contributed by atoms with van der Waals surface area (Å²) in [5.74, 6) is 0.693. The van der Waals surface area contributed by atoms with Crippen molar-refractivity contribution in [2.45, 2.75) is 52.1 Å². The van der Waals surface area contributed by atoms with Crippen LogP contribution in [0.15, 0.2) is 6.20 Å². The van der Waals surface area contributed by atoms with Crippen LogP contribution in [0.5, 0.6) is 0 Å². The summed E-state index contributed by atoms with van der Waals surface area (Å²) in [7, 11) is 2.00. The molecule has 4 nitrogen and oxygen atoms in total. The van der Waals surface area contributed by atoms with Crippen LogP contribution in [-0.4, -0.2) is 33.8 Å². The maximum absolute atomic E-state index is 6.10. The van der Waals surface area contributed by atoms with Crippen molar-refractivity contribution in [2.75, 3.05) is 13.1 Å². The van der Waals surface area contributed by atoms with E-state index in [1.165, 1.54) is 30.6 Å². The quantitative estimate of drug-likeness (QED) is 0.886. The van der Waals surface area contributed by atoms with E-state index in [0.717, 1.165) is 6.42 Å². The lowest BCUT2D eigenvalue weighted by Crippen LogP contribution is -2.40. The van der Waals surface area contributed by atoms with Crippen molar-refractivity contribution in [3.8, 4) is 0 Å². The number of aryl methyl sites for hydroxylation is 2. The maximum Gasteiger partial charge on any atom is 0.0670 e. The number of rotatable bonds is 5. The largest absolute Gasteiger partial charge is 0.329 e. The zero-order chi connectivity index (χ0) is 14.0. The van der Waals surface area contributed by atoms with Crippen LogP contribution in [0, 0.1) is 5.92 Å². The second kappa shape index (κ2) is 6.06. The monoisotopic (exact) mass is 264 g/mol. The first-order valence-corrected chi connectivity index (χ1v) is 7.56. The van der Waals surface area contributed by atoms with Gasteiger partial charge in [0.05, 0.1) is 11.7 Å². The van der Waals surface area contributed by atoms with Gasteiger partial charge in [-0.2, -0.15) is 5.10 Å². The molecule has 1 aromatic heterocycles. The highest BCUT2D eigenvalue weighted by atomic mass is 15.3. The Morgan fingerprint density at radius 1 is 1.47 bits per heavy atom. The average Bonchev–Trinajstić information content (AvgIpc) is 2.97. The van der Waals surface area contributed by atoms with Crippen molar-refractivity contribution in [1.29, 1.82) is 0 Å². The van der Waals surface area contributed by atoms with Gasteiger partial charge in [0.2, 0.25) is 0 Å². The summed E-state index contributed by atoms with van der Waals surface area (Å²) in [5, 5.41) is 4.57. The lowest BCUT2D eigenvalue weighted by Gasteiger charge is -2.34. The van der Waals surface area contributed by atoms with E-state index in [1.54, 1.807) is 0 Å². The molecule has 2 N–H and O–H groups in total. The Hall–Kier alpha value is -0.870. The lowest BCUT2D eigenvalue weighted by molar-refractivity contribution is 0.149. The standard InChI is InChI=1S/C15H28N4/c1-5-13-12(10-18(4)17-13)15(9-16)19-8-6-7-14(19)11(2)3/h10-11,14-15H,5-9,16H2,1-4H3. The van der Waals surface area contributed by atoms with Crippen molar-refractivity contribution < 1.29 is 0 Å². The molecule has 0 aromatic carbocycles. The first-order chi connectivity index (χ1) is 9.08. The summed E-state index contributed by atoms with van der Waals surface area (Å²) in [5.41, 5.74) is 8.64. The Morgan fingerprint density at radius 2 is 2.21 bits per heavy atom. The zero-order valence-electron chi connectivity index (χ0n) is 12.8. The minimum Gasteiger partial charge on any atom is -0.329 e. The van der Waals surface area contributed by atoms with Gasteiger partial charge in [-0.25, -0.2) is 0 Å². The van der Waals surface area contributed by atoms with E-state index >= 15 is 0 Å². The molecule has 0 bridgehead atoms. The van der Waals surface area contributed by atoms with Gasteiger partial charge < -0.3 is 5.73 Å². The van der Waals surface area contributed by atoms with Gasteiger partial charge in [0.15, 0.2) is 0 Å². The zero-order valence-corrected chi connectivity index (χ0v) is 12.8. The number of nitrogens with zero attached hydrogens (tertiary/aromatic N) is 3. The van der Waals surface area contributed by atoms with Gasteiger partial charge >= 0.3 is 0 Å². The molecule has 0 amide bonds. The van der Waals surface area contributed by atoms with Crippen LogP contribution >= 0.6 is 0 Å².